The molecule has 1 saturated heterocycles. The summed E-state index contributed by atoms with van der Waals surface area (Å²) in [6.07, 6.45) is 3.46. The topological polar surface area (TPSA) is 56.7 Å². The highest BCUT2D eigenvalue weighted by molar-refractivity contribution is 6.00. The van der Waals surface area contributed by atoms with E-state index in [1.54, 1.807) is 0 Å². The Balaban J connectivity index is 2.04. The lowest BCUT2D eigenvalue weighted by Crippen LogP contribution is -2.39. The van der Waals surface area contributed by atoms with Crippen LogP contribution in [0.4, 0.5) is 11.5 Å². The zero-order valence-electron chi connectivity index (χ0n) is 13.0. The summed E-state index contributed by atoms with van der Waals surface area (Å²) < 4.78 is 0. The first-order chi connectivity index (χ1) is 10.6. The van der Waals surface area contributed by atoms with Gasteiger partial charge in [-0.1, -0.05) is 12.1 Å². The molecule has 3 rings (SSSR count). The number of carboxylic acid groups (broad SMARTS) is 1. The lowest BCUT2D eigenvalue weighted by molar-refractivity contribution is -0.141. The monoisotopic (exact) mass is 299 g/mol. The second-order valence-electron chi connectivity index (χ2n) is 6.02. The molecule has 1 aliphatic rings. The van der Waals surface area contributed by atoms with Gasteiger partial charge in [0.1, 0.15) is 5.82 Å². The van der Waals surface area contributed by atoms with Crippen LogP contribution in [-0.2, 0) is 4.79 Å². The highest BCUT2D eigenvalue weighted by Gasteiger charge is 2.27. The number of fused-ring (bicyclic) bond motifs is 1. The van der Waals surface area contributed by atoms with E-state index in [-0.39, 0.29) is 5.92 Å². The minimum atomic E-state index is -0.709. The average molecular weight is 299 g/mol. The Morgan fingerprint density at radius 2 is 2.14 bits per heavy atom. The van der Waals surface area contributed by atoms with Gasteiger partial charge in [0, 0.05) is 49.8 Å². The third-order valence-corrected chi connectivity index (χ3v) is 4.31. The van der Waals surface area contributed by atoms with Crippen LogP contribution in [0.25, 0.3) is 10.8 Å². The molecule has 116 valence electrons. The van der Waals surface area contributed by atoms with Crippen molar-refractivity contribution in [2.45, 2.75) is 12.8 Å². The van der Waals surface area contributed by atoms with Crippen LogP contribution in [0, 0.1) is 5.92 Å². The molecule has 0 spiro atoms. The average Bonchev–Trinajstić information content (AvgIpc) is 2.53. The quantitative estimate of drug-likeness (QED) is 0.944. The van der Waals surface area contributed by atoms with Gasteiger partial charge in [0.2, 0.25) is 0 Å². The molecular formula is C17H21N3O2. The minimum Gasteiger partial charge on any atom is -0.481 e. The van der Waals surface area contributed by atoms with Crippen LogP contribution in [0.1, 0.15) is 12.8 Å². The molecule has 1 aromatic heterocycles. The maximum Gasteiger partial charge on any atom is 0.308 e. The molecule has 5 heteroatoms. The van der Waals surface area contributed by atoms with E-state index < -0.39 is 5.97 Å². The number of aliphatic carboxylic acids is 1. The molecule has 1 atom stereocenters. The Labute approximate surface area is 130 Å². The van der Waals surface area contributed by atoms with E-state index in [0.717, 1.165) is 41.7 Å². The van der Waals surface area contributed by atoms with Crippen LogP contribution in [0.3, 0.4) is 0 Å². The Bertz CT molecular complexity index is 699. The van der Waals surface area contributed by atoms with Gasteiger partial charge in [-0.3, -0.25) is 4.79 Å². The first-order valence-electron chi connectivity index (χ1n) is 7.60. The second-order valence-corrected chi connectivity index (χ2v) is 6.02. The van der Waals surface area contributed by atoms with Gasteiger partial charge in [-0.15, -0.1) is 0 Å². The van der Waals surface area contributed by atoms with Gasteiger partial charge in [0.05, 0.1) is 5.92 Å². The number of anilines is 2. The van der Waals surface area contributed by atoms with Crippen molar-refractivity contribution in [3.8, 4) is 0 Å². The van der Waals surface area contributed by atoms with Crippen molar-refractivity contribution in [2.24, 2.45) is 5.92 Å². The first-order valence-corrected chi connectivity index (χ1v) is 7.60. The summed E-state index contributed by atoms with van der Waals surface area (Å²) in [6, 6.07) is 8.20. The molecule has 0 saturated carbocycles. The van der Waals surface area contributed by atoms with Crippen molar-refractivity contribution < 1.29 is 9.90 Å². The van der Waals surface area contributed by atoms with Crippen LogP contribution in [0.2, 0.25) is 0 Å². The molecule has 1 unspecified atom stereocenters. The van der Waals surface area contributed by atoms with Crippen LogP contribution < -0.4 is 9.80 Å². The number of hydrogen-bond donors (Lipinski definition) is 1. The summed E-state index contributed by atoms with van der Waals surface area (Å²) in [5.41, 5.74) is 1.15. The number of carbonyl (C=O) groups is 1. The Morgan fingerprint density at radius 1 is 1.32 bits per heavy atom. The lowest BCUT2D eigenvalue weighted by Gasteiger charge is -2.32. The molecule has 5 nitrogen and oxygen atoms in total. The van der Waals surface area contributed by atoms with Gasteiger partial charge >= 0.3 is 5.97 Å². The number of nitrogens with zero attached hydrogens (tertiary/aromatic N) is 3. The number of piperidine rings is 1. The van der Waals surface area contributed by atoms with Crippen LogP contribution in [0.15, 0.2) is 30.5 Å². The summed E-state index contributed by atoms with van der Waals surface area (Å²) in [7, 11) is 4.05. The number of aromatic nitrogens is 1. The molecular weight excluding hydrogens is 278 g/mol. The number of benzene rings is 1. The second kappa shape index (κ2) is 5.83. The summed E-state index contributed by atoms with van der Waals surface area (Å²) in [5.74, 6) is -0.117. The van der Waals surface area contributed by atoms with E-state index in [1.165, 1.54) is 0 Å². The lowest BCUT2D eigenvalue weighted by atomic mass is 9.97. The molecule has 0 amide bonds. The van der Waals surface area contributed by atoms with Crippen molar-refractivity contribution >= 4 is 28.2 Å². The first kappa shape index (κ1) is 14.6. The van der Waals surface area contributed by atoms with Crippen LogP contribution in [-0.4, -0.2) is 43.2 Å². The number of hydrogen-bond acceptors (Lipinski definition) is 4. The van der Waals surface area contributed by atoms with Gasteiger partial charge in [0.25, 0.3) is 0 Å². The third kappa shape index (κ3) is 2.58. The third-order valence-electron chi connectivity index (χ3n) is 4.31. The Kier molecular flexibility index (Phi) is 3.88. The smallest absolute Gasteiger partial charge is 0.308 e. The van der Waals surface area contributed by atoms with E-state index in [1.807, 2.05) is 32.4 Å². The summed E-state index contributed by atoms with van der Waals surface area (Å²) in [4.78, 5) is 20.0. The van der Waals surface area contributed by atoms with Crippen LogP contribution >= 0.6 is 0 Å². The number of pyridine rings is 1. The van der Waals surface area contributed by atoms with Crippen LogP contribution in [0.5, 0.6) is 0 Å². The van der Waals surface area contributed by atoms with Gasteiger partial charge in [-0.2, -0.15) is 0 Å². The predicted molar refractivity (Wildman–Crippen MR) is 88.6 cm³/mol. The number of carboxylic acids is 1. The largest absolute Gasteiger partial charge is 0.481 e. The van der Waals surface area contributed by atoms with E-state index in [4.69, 9.17) is 0 Å². The predicted octanol–water partition coefficient (Wildman–Crippen LogP) is 2.60. The Hall–Kier alpha value is -2.30. The van der Waals surface area contributed by atoms with E-state index in [2.05, 4.69) is 26.9 Å². The van der Waals surface area contributed by atoms with Crippen molar-refractivity contribution in [1.82, 2.24) is 4.98 Å². The van der Waals surface area contributed by atoms with E-state index in [9.17, 15) is 9.90 Å². The molecule has 1 fully saturated rings. The minimum absolute atomic E-state index is 0.303. The van der Waals surface area contributed by atoms with Gasteiger partial charge in [-0.05, 0) is 25.0 Å². The normalized spacial score (nSPS) is 18.5. The van der Waals surface area contributed by atoms with Crippen molar-refractivity contribution in [2.75, 3.05) is 37.0 Å². The van der Waals surface area contributed by atoms with Gasteiger partial charge in [0.15, 0.2) is 0 Å². The fourth-order valence-corrected chi connectivity index (χ4v) is 3.19. The summed E-state index contributed by atoms with van der Waals surface area (Å²) in [6.45, 7) is 1.40. The van der Waals surface area contributed by atoms with Crippen molar-refractivity contribution in [1.29, 1.82) is 0 Å². The van der Waals surface area contributed by atoms with E-state index >= 15 is 0 Å². The fourth-order valence-electron chi connectivity index (χ4n) is 3.19. The number of rotatable bonds is 3. The van der Waals surface area contributed by atoms with E-state index in [0.29, 0.717) is 6.54 Å². The maximum atomic E-state index is 11.3. The maximum absolute atomic E-state index is 11.3. The molecule has 1 aliphatic heterocycles. The molecule has 0 aliphatic carbocycles. The SMILES string of the molecule is CN(C)c1cccc2c(N3CCCC(C(=O)O)C3)nccc12. The van der Waals surface area contributed by atoms with Gasteiger partial charge < -0.3 is 14.9 Å². The van der Waals surface area contributed by atoms with Crippen molar-refractivity contribution in [3.05, 3.63) is 30.5 Å². The molecule has 22 heavy (non-hydrogen) atoms. The highest BCUT2D eigenvalue weighted by Crippen LogP contribution is 2.32. The Morgan fingerprint density at radius 3 is 2.86 bits per heavy atom. The molecule has 1 N–H and O–H groups in total. The van der Waals surface area contributed by atoms with Gasteiger partial charge in [-0.25, -0.2) is 4.98 Å². The molecule has 1 aromatic carbocycles. The standard InChI is InChI=1S/C17H21N3O2/c1-19(2)15-7-3-6-14-13(15)8-9-18-16(14)20-10-4-5-12(11-20)17(21)22/h3,6-9,12H,4-5,10-11H2,1-2H3,(H,21,22). The fraction of sp³-hybridized carbons (Fsp3) is 0.412. The summed E-state index contributed by atoms with van der Waals surface area (Å²) in [5, 5.41) is 11.5. The summed E-state index contributed by atoms with van der Waals surface area (Å²) >= 11 is 0. The highest BCUT2D eigenvalue weighted by atomic mass is 16.4. The zero-order chi connectivity index (χ0) is 15.7. The van der Waals surface area contributed by atoms with Crippen molar-refractivity contribution in [3.63, 3.8) is 0 Å². The molecule has 2 aromatic rings. The molecule has 0 bridgehead atoms. The molecule has 0 radical (unpaired) electrons. The molecule has 2 heterocycles. The zero-order valence-corrected chi connectivity index (χ0v) is 13.0.